The fraction of sp³-hybridized carbons (Fsp3) is 0.286. The van der Waals surface area contributed by atoms with Crippen molar-refractivity contribution in [3.8, 4) is 11.5 Å². The number of H-pyrrole nitrogens is 1. The van der Waals surface area contributed by atoms with Crippen LogP contribution in [0.4, 0.5) is 5.82 Å². The van der Waals surface area contributed by atoms with E-state index >= 15 is 0 Å². The molecule has 0 aliphatic heterocycles. The zero-order valence-electron chi connectivity index (χ0n) is 12.9. The van der Waals surface area contributed by atoms with E-state index in [4.69, 9.17) is 9.47 Å². The molecule has 9 heteroatoms. The largest absolute Gasteiger partial charge is 0.493 e. The minimum Gasteiger partial charge on any atom is -0.493 e. The molecular weight excluding hydrogens is 366 g/mol. The molecule has 0 spiro atoms. The minimum absolute atomic E-state index is 0.293. The van der Waals surface area contributed by atoms with Crippen molar-refractivity contribution < 1.29 is 9.47 Å². The summed E-state index contributed by atoms with van der Waals surface area (Å²) < 4.78 is 11.6. The standard InChI is InChI=1S/C14H16BrN5O3/c1-4-23-12-10(15)5-9(6-11(12)22-3)7-16-19-13-8(2)18-20-14(21)17-13/h5-7H,4H2,1-3H3,(H2,17,19,20,21)/b16-7+. The zero-order valence-corrected chi connectivity index (χ0v) is 14.5. The molecule has 0 radical (unpaired) electrons. The third kappa shape index (κ3) is 4.28. The first-order chi connectivity index (χ1) is 11.0. The molecule has 2 aromatic rings. The van der Waals surface area contributed by atoms with Crippen LogP contribution in [0.3, 0.4) is 0 Å². The summed E-state index contributed by atoms with van der Waals surface area (Å²) in [6, 6.07) is 3.63. The molecule has 0 bridgehead atoms. The Hall–Kier alpha value is -2.42. The van der Waals surface area contributed by atoms with Gasteiger partial charge in [0.15, 0.2) is 17.3 Å². The van der Waals surface area contributed by atoms with E-state index in [9.17, 15) is 4.79 Å². The van der Waals surface area contributed by atoms with Crippen LogP contribution < -0.4 is 20.6 Å². The number of benzene rings is 1. The number of hydrogen-bond acceptors (Lipinski definition) is 7. The van der Waals surface area contributed by atoms with Gasteiger partial charge in [0.1, 0.15) is 5.69 Å². The predicted molar refractivity (Wildman–Crippen MR) is 90.5 cm³/mol. The lowest BCUT2D eigenvalue weighted by atomic mass is 10.2. The Morgan fingerprint density at radius 3 is 2.96 bits per heavy atom. The van der Waals surface area contributed by atoms with Crippen LogP contribution in [0.1, 0.15) is 18.2 Å². The summed E-state index contributed by atoms with van der Waals surface area (Å²) in [6.07, 6.45) is 1.57. The molecule has 0 unspecified atom stereocenters. The van der Waals surface area contributed by atoms with Gasteiger partial charge in [0.25, 0.3) is 0 Å². The number of aromatic amines is 1. The highest BCUT2D eigenvalue weighted by molar-refractivity contribution is 9.10. The summed E-state index contributed by atoms with van der Waals surface area (Å²) in [7, 11) is 1.57. The lowest BCUT2D eigenvalue weighted by Gasteiger charge is -2.12. The number of anilines is 1. The van der Waals surface area contributed by atoms with E-state index in [-0.39, 0.29) is 0 Å². The number of halogens is 1. The molecule has 0 aliphatic rings. The topological polar surface area (TPSA) is 101 Å². The molecular formula is C14H16BrN5O3. The average molecular weight is 382 g/mol. The van der Waals surface area contributed by atoms with E-state index in [2.05, 4.69) is 41.6 Å². The third-order valence-corrected chi connectivity index (χ3v) is 3.39. The van der Waals surface area contributed by atoms with Crippen LogP contribution in [0.2, 0.25) is 0 Å². The summed E-state index contributed by atoms with van der Waals surface area (Å²) in [5, 5.41) is 10.1. The van der Waals surface area contributed by atoms with Gasteiger partial charge in [-0.05, 0) is 47.5 Å². The summed E-state index contributed by atoms with van der Waals surface area (Å²) >= 11 is 3.44. The molecule has 0 fully saturated rings. The second-order valence-corrected chi connectivity index (χ2v) is 5.27. The highest BCUT2D eigenvalue weighted by Crippen LogP contribution is 2.36. The lowest BCUT2D eigenvalue weighted by molar-refractivity contribution is 0.309. The van der Waals surface area contributed by atoms with Crippen molar-refractivity contribution in [2.75, 3.05) is 19.1 Å². The maximum absolute atomic E-state index is 11.1. The Morgan fingerprint density at radius 2 is 2.26 bits per heavy atom. The van der Waals surface area contributed by atoms with Gasteiger partial charge in [-0.1, -0.05) is 0 Å². The lowest BCUT2D eigenvalue weighted by Crippen LogP contribution is -2.15. The molecule has 1 aromatic heterocycles. The van der Waals surface area contributed by atoms with Gasteiger partial charge in [-0.3, -0.25) is 5.43 Å². The Morgan fingerprint density at radius 1 is 1.48 bits per heavy atom. The molecule has 122 valence electrons. The molecule has 0 amide bonds. The maximum atomic E-state index is 11.1. The number of hydrogen-bond donors (Lipinski definition) is 2. The number of aromatic nitrogens is 3. The molecule has 23 heavy (non-hydrogen) atoms. The second-order valence-electron chi connectivity index (χ2n) is 4.41. The minimum atomic E-state index is -0.543. The number of rotatable bonds is 6. The third-order valence-electron chi connectivity index (χ3n) is 2.80. The fourth-order valence-electron chi connectivity index (χ4n) is 1.76. The number of hydrazone groups is 1. The van der Waals surface area contributed by atoms with Crippen molar-refractivity contribution in [3.63, 3.8) is 0 Å². The van der Waals surface area contributed by atoms with Crippen molar-refractivity contribution in [1.29, 1.82) is 0 Å². The number of aryl methyl sites for hydroxylation is 1. The van der Waals surface area contributed by atoms with Crippen LogP contribution in [0.25, 0.3) is 0 Å². The van der Waals surface area contributed by atoms with E-state index in [0.29, 0.717) is 29.6 Å². The molecule has 0 saturated heterocycles. The van der Waals surface area contributed by atoms with E-state index in [0.717, 1.165) is 10.0 Å². The normalized spacial score (nSPS) is 10.8. The Labute approximate surface area is 141 Å². The summed E-state index contributed by atoms with van der Waals surface area (Å²) in [4.78, 5) is 14.9. The van der Waals surface area contributed by atoms with Gasteiger partial charge in [-0.2, -0.15) is 15.2 Å². The van der Waals surface area contributed by atoms with Crippen molar-refractivity contribution in [1.82, 2.24) is 15.2 Å². The molecule has 8 nitrogen and oxygen atoms in total. The van der Waals surface area contributed by atoms with Crippen molar-refractivity contribution in [2.24, 2.45) is 5.10 Å². The summed E-state index contributed by atoms with van der Waals surface area (Å²) in [6.45, 7) is 4.14. The van der Waals surface area contributed by atoms with Gasteiger partial charge < -0.3 is 9.47 Å². The maximum Gasteiger partial charge on any atom is 0.363 e. The van der Waals surface area contributed by atoms with E-state index < -0.39 is 5.69 Å². The van der Waals surface area contributed by atoms with E-state index in [1.807, 2.05) is 13.0 Å². The van der Waals surface area contributed by atoms with Gasteiger partial charge in [-0.25, -0.2) is 9.89 Å². The van der Waals surface area contributed by atoms with Crippen molar-refractivity contribution in [3.05, 3.63) is 38.3 Å². The molecule has 2 N–H and O–H groups in total. The van der Waals surface area contributed by atoms with Gasteiger partial charge in [-0.15, -0.1) is 0 Å². The fourth-order valence-corrected chi connectivity index (χ4v) is 2.34. The van der Waals surface area contributed by atoms with Crippen molar-refractivity contribution in [2.45, 2.75) is 13.8 Å². The predicted octanol–water partition coefficient (Wildman–Crippen LogP) is 2.09. The molecule has 0 saturated carbocycles. The Balaban J connectivity index is 2.21. The Kier molecular flexibility index (Phi) is 5.69. The highest BCUT2D eigenvalue weighted by atomic mass is 79.9. The second kappa shape index (κ2) is 7.73. The summed E-state index contributed by atoms with van der Waals surface area (Å²) in [5.74, 6) is 1.52. The highest BCUT2D eigenvalue weighted by Gasteiger charge is 2.10. The quantitative estimate of drug-likeness (QED) is 0.586. The van der Waals surface area contributed by atoms with Gasteiger partial charge in [0.2, 0.25) is 0 Å². The molecule has 0 aliphatic carbocycles. The average Bonchev–Trinajstić information content (AvgIpc) is 2.53. The Bertz CT molecular complexity index is 775. The van der Waals surface area contributed by atoms with Crippen molar-refractivity contribution >= 4 is 28.0 Å². The smallest absolute Gasteiger partial charge is 0.363 e. The first kappa shape index (κ1) is 16.9. The van der Waals surface area contributed by atoms with Crippen LogP contribution in [0.15, 0.2) is 26.5 Å². The molecule has 0 atom stereocenters. The molecule has 2 rings (SSSR count). The van der Waals surface area contributed by atoms with Gasteiger partial charge in [0, 0.05) is 0 Å². The molecule has 1 heterocycles. The number of nitrogens with zero attached hydrogens (tertiary/aromatic N) is 3. The first-order valence-corrected chi connectivity index (χ1v) is 7.57. The van der Waals surface area contributed by atoms with Crippen LogP contribution in [0.5, 0.6) is 11.5 Å². The van der Waals surface area contributed by atoms with Crippen LogP contribution in [0, 0.1) is 6.92 Å². The van der Waals surface area contributed by atoms with E-state index in [1.54, 1.807) is 26.3 Å². The van der Waals surface area contributed by atoms with Crippen LogP contribution in [-0.4, -0.2) is 35.1 Å². The summed E-state index contributed by atoms with van der Waals surface area (Å²) in [5.41, 5.74) is 3.46. The van der Waals surface area contributed by atoms with E-state index in [1.165, 1.54) is 0 Å². The number of methoxy groups -OCH3 is 1. The first-order valence-electron chi connectivity index (χ1n) is 6.77. The molecule has 1 aromatic carbocycles. The number of ether oxygens (including phenoxy) is 2. The number of nitrogens with one attached hydrogen (secondary N) is 2. The van der Waals surface area contributed by atoms with Crippen LogP contribution in [-0.2, 0) is 0 Å². The zero-order chi connectivity index (χ0) is 16.8. The van der Waals surface area contributed by atoms with Crippen LogP contribution >= 0.6 is 15.9 Å². The van der Waals surface area contributed by atoms with Gasteiger partial charge in [0.05, 0.1) is 24.4 Å². The monoisotopic (exact) mass is 381 g/mol. The van der Waals surface area contributed by atoms with Gasteiger partial charge >= 0.3 is 5.69 Å². The SMILES string of the molecule is CCOc1c(Br)cc(/C=N/Nc2nc(=O)[nH]nc2C)cc1OC.